The third-order valence-electron chi connectivity index (χ3n) is 3.78. The Bertz CT molecular complexity index is 879. The topological polar surface area (TPSA) is 91.2 Å². The minimum atomic E-state index is -0.00902. The van der Waals surface area contributed by atoms with Crippen molar-refractivity contribution in [2.24, 2.45) is 0 Å². The van der Waals surface area contributed by atoms with E-state index in [0.29, 0.717) is 34.6 Å². The van der Waals surface area contributed by atoms with Crippen LogP contribution in [0.2, 0.25) is 0 Å². The van der Waals surface area contributed by atoms with Gasteiger partial charge in [-0.15, -0.1) is 0 Å². The van der Waals surface area contributed by atoms with Crippen LogP contribution in [0.4, 0.5) is 0 Å². The molecule has 1 saturated carbocycles. The lowest BCUT2D eigenvalue weighted by Gasteiger charge is -2.04. The predicted octanol–water partition coefficient (Wildman–Crippen LogP) is 3.38. The minimum absolute atomic E-state index is 0.00902. The van der Waals surface area contributed by atoms with Crippen LogP contribution in [-0.4, -0.2) is 21.1 Å². The average Bonchev–Trinajstić information content (AvgIpc) is 3.13. The van der Waals surface area contributed by atoms with Crippen molar-refractivity contribution in [2.75, 3.05) is 0 Å². The lowest BCUT2D eigenvalue weighted by molar-refractivity contribution is 0.101. The molecule has 7 nitrogen and oxygen atoms in total. The van der Waals surface area contributed by atoms with Gasteiger partial charge < -0.3 is 13.8 Å². The molecule has 1 aromatic carbocycles. The zero-order chi connectivity index (χ0) is 16.5. The fourth-order valence-corrected chi connectivity index (χ4v) is 2.29. The van der Waals surface area contributed by atoms with Gasteiger partial charge in [0.25, 0.3) is 5.89 Å². The number of carbonyl (C=O) groups is 1. The number of ether oxygens (including phenoxy) is 1. The molecule has 0 atom stereocenters. The Morgan fingerprint density at radius 1 is 1.25 bits per heavy atom. The molecule has 0 saturated heterocycles. The lowest BCUT2D eigenvalue weighted by atomic mass is 10.1. The maximum absolute atomic E-state index is 11.4. The first-order valence-electron chi connectivity index (χ1n) is 7.72. The highest BCUT2D eigenvalue weighted by Crippen LogP contribution is 2.38. The van der Waals surface area contributed by atoms with E-state index in [1.165, 1.54) is 6.92 Å². The van der Waals surface area contributed by atoms with Gasteiger partial charge in [0.15, 0.2) is 23.1 Å². The molecule has 0 aliphatic heterocycles. The number of aromatic nitrogens is 3. The number of ketones is 1. The largest absolute Gasteiger partial charge is 0.486 e. The predicted molar refractivity (Wildman–Crippen MR) is 82.5 cm³/mol. The van der Waals surface area contributed by atoms with Gasteiger partial charge in [0.1, 0.15) is 12.4 Å². The van der Waals surface area contributed by atoms with E-state index in [2.05, 4.69) is 15.3 Å². The first-order valence-corrected chi connectivity index (χ1v) is 7.72. The zero-order valence-corrected chi connectivity index (χ0v) is 13.1. The second-order valence-electron chi connectivity index (χ2n) is 5.78. The SMILES string of the molecule is CC(=O)c1cccc(OCc2cc(-c3nc(C4CC4)no3)no2)c1. The fraction of sp³-hybridized carbons (Fsp3) is 0.294. The third kappa shape index (κ3) is 3.05. The lowest BCUT2D eigenvalue weighted by Crippen LogP contribution is -1.96. The van der Waals surface area contributed by atoms with E-state index in [-0.39, 0.29) is 12.4 Å². The molecular formula is C17H15N3O4. The van der Waals surface area contributed by atoms with Gasteiger partial charge in [0.05, 0.1) is 0 Å². The van der Waals surface area contributed by atoms with Crippen molar-refractivity contribution in [3.63, 3.8) is 0 Å². The van der Waals surface area contributed by atoms with Crippen LogP contribution in [0.5, 0.6) is 5.75 Å². The molecule has 2 heterocycles. The summed E-state index contributed by atoms with van der Waals surface area (Å²) in [5.74, 6) is 2.62. The molecule has 2 aromatic heterocycles. The summed E-state index contributed by atoms with van der Waals surface area (Å²) in [4.78, 5) is 15.7. The number of hydrogen-bond donors (Lipinski definition) is 0. The molecular weight excluding hydrogens is 310 g/mol. The standard InChI is InChI=1S/C17H15N3O4/c1-10(21)12-3-2-4-13(7-12)22-9-14-8-15(19-23-14)17-18-16(20-24-17)11-5-6-11/h2-4,7-8,11H,5-6,9H2,1H3. The summed E-state index contributed by atoms with van der Waals surface area (Å²) >= 11 is 0. The van der Waals surface area contributed by atoms with Gasteiger partial charge >= 0.3 is 0 Å². The second-order valence-corrected chi connectivity index (χ2v) is 5.78. The smallest absolute Gasteiger partial charge is 0.280 e. The summed E-state index contributed by atoms with van der Waals surface area (Å²) in [6, 6.07) is 8.70. The summed E-state index contributed by atoms with van der Waals surface area (Å²) in [5.41, 5.74) is 1.09. The fourth-order valence-electron chi connectivity index (χ4n) is 2.29. The number of rotatable bonds is 6. The van der Waals surface area contributed by atoms with E-state index in [1.807, 2.05) is 0 Å². The van der Waals surface area contributed by atoms with Crippen LogP contribution in [-0.2, 0) is 6.61 Å². The molecule has 0 bridgehead atoms. The van der Waals surface area contributed by atoms with Crippen molar-refractivity contribution < 1.29 is 18.6 Å². The van der Waals surface area contributed by atoms with Gasteiger partial charge in [-0.05, 0) is 31.9 Å². The maximum Gasteiger partial charge on any atom is 0.280 e. The molecule has 7 heteroatoms. The van der Waals surface area contributed by atoms with Gasteiger partial charge in [-0.3, -0.25) is 4.79 Å². The molecule has 1 fully saturated rings. The van der Waals surface area contributed by atoms with Crippen molar-refractivity contribution in [2.45, 2.75) is 32.3 Å². The highest BCUT2D eigenvalue weighted by molar-refractivity contribution is 5.94. The normalized spacial score (nSPS) is 13.9. The van der Waals surface area contributed by atoms with Crippen molar-refractivity contribution in [3.05, 3.63) is 47.5 Å². The molecule has 0 spiro atoms. The maximum atomic E-state index is 11.4. The Labute approximate surface area is 137 Å². The van der Waals surface area contributed by atoms with Gasteiger partial charge in [-0.2, -0.15) is 4.98 Å². The molecule has 4 rings (SSSR count). The van der Waals surface area contributed by atoms with Crippen molar-refractivity contribution in [3.8, 4) is 17.3 Å². The number of benzene rings is 1. The second kappa shape index (κ2) is 5.92. The highest BCUT2D eigenvalue weighted by atomic mass is 16.5. The van der Waals surface area contributed by atoms with Crippen LogP contribution < -0.4 is 4.74 Å². The summed E-state index contributed by atoms with van der Waals surface area (Å²) in [5, 5.41) is 7.88. The average molecular weight is 325 g/mol. The molecule has 3 aromatic rings. The van der Waals surface area contributed by atoms with E-state index in [1.54, 1.807) is 30.3 Å². The van der Waals surface area contributed by atoms with E-state index in [4.69, 9.17) is 13.8 Å². The molecule has 24 heavy (non-hydrogen) atoms. The molecule has 122 valence electrons. The van der Waals surface area contributed by atoms with Gasteiger partial charge in [-0.1, -0.05) is 22.4 Å². The van der Waals surface area contributed by atoms with Gasteiger partial charge in [-0.25, -0.2) is 0 Å². The van der Waals surface area contributed by atoms with E-state index < -0.39 is 0 Å². The number of hydrogen-bond acceptors (Lipinski definition) is 7. The third-order valence-corrected chi connectivity index (χ3v) is 3.78. The van der Waals surface area contributed by atoms with Crippen molar-refractivity contribution in [1.29, 1.82) is 0 Å². The number of nitrogens with zero attached hydrogens (tertiary/aromatic N) is 3. The van der Waals surface area contributed by atoms with E-state index in [9.17, 15) is 4.79 Å². The first kappa shape index (κ1) is 14.6. The number of carbonyl (C=O) groups excluding carboxylic acids is 1. The van der Waals surface area contributed by atoms with E-state index >= 15 is 0 Å². The van der Waals surface area contributed by atoms with E-state index in [0.717, 1.165) is 18.7 Å². The molecule has 0 N–H and O–H groups in total. The number of Topliss-reactive ketones (excluding diaryl/α,β-unsaturated/α-hetero) is 1. The first-order chi connectivity index (χ1) is 11.7. The molecule has 0 radical (unpaired) electrons. The molecule has 0 unspecified atom stereocenters. The Hall–Kier alpha value is -2.96. The summed E-state index contributed by atoms with van der Waals surface area (Å²) < 4.78 is 16.1. The minimum Gasteiger partial charge on any atom is -0.486 e. The Morgan fingerprint density at radius 3 is 2.92 bits per heavy atom. The van der Waals surface area contributed by atoms with Crippen LogP contribution in [0.25, 0.3) is 11.6 Å². The van der Waals surface area contributed by atoms with Crippen LogP contribution in [0.1, 0.15) is 47.6 Å². The Kier molecular flexibility index (Phi) is 3.60. The molecule has 1 aliphatic rings. The zero-order valence-electron chi connectivity index (χ0n) is 13.1. The summed E-state index contributed by atoms with van der Waals surface area (Å²) in [6.07, 6.45) is 2.21. The van der Waals surface area contributed by atoms with Crippen LogP contribution in [0.3, 0.4) is 0 Å². The van der Waals surface area contributed by atoms with Crippen LogP contribution >= 0.6 is 0 Å². The monoisotopic (exact) mass is 325 g/mol. The van der Waals surface area contributed by atoms with Gasteiger partial charge in [0, 0.05) is 17.5 Å². The summed E-state index contributed by atoms with van der Waals surface area (Å²) in [7, 11) is 0. The molecule has 1 aliphatic carbocycles. The quantitative estimate of drug-likeness (QED) is 0.641. The van der Waals surface area contributed by atoms with Gasteiger partial charge in [0.2, 0.25) is 0 Å². The summed E-state index contributed by atoms with van der Waals surface area (Å²) in [6.45, 7) is 1.71. The Morgan fingerprint density at radius 2 is 2.12 bits per heavy atom. The van der Waals surface area contributed by atoms with Crippen molar-refractivity contribution in [1.82, 2.24) is 15.3 Å². The van der Waals surface area contributed by atoms with Crippen LogP contribution in [0.15, 0.2) is 39.4 Å². The van der Waals surface area contributed by atoms with Crippen molar-refractivity contribution >= 4 is 5.78 Å². The van der Waals surface area contributed by atoms with Crippen LogP contribution in [0, 0.1) is 0 Å². The molecule has 0 amide bonds. The Balaban J connectivity index is 1.43. The highest BCUT2D eigenvalue weighted by Gasteiger charge is 2.29.